The lowest BCUT2D eigenvalue weighted by molar-refractivity contribution is -0.133. The summed E-state index contributed by atoms with van der Waals surface area (Å²) in [6.45, 7) is 0.379. The van der Waals surface area contributed by atoms with Crippen molar-refractivity contribution >= 4 is 23.6 Å². The Morgan fingerprint density at radius 3 is 2.78 bits per heavy atom. The second-order valence-corrected chi connectivity index (χ2v) is 4.27. The van der Waals surface area contributed by atoms with Crippen molar-refractivity contribution < 1.29 is 19.4 Å². The number of hydrogen-bond donors (Lipinski definition) is 2. The molecule has 0 aliphatic carbocycles. The molecule has 0 fully saturated rings. The average molecular weight is 271 g/mol. The first-order valence-corrected chi connectivity index (χ1v) is 6.24. The summed E-state index contributed by atoms with van der Waals surface area (Å²) < 4.78 is 4.82. The molecule has 7 nitrogen and oxygen atoms in total. The number of nitrogens with zero attached hydrogens (tertiary/aromatic N) is 2. The van der Waals surface area contributed by atoms with Gasteiger partial charge >= 0.3 is 5.97 Å². The number of aliphatic carboxylic acids is 1. The van der Waals surface area contributed by atoms with Crippen LogP contribution < -0.4 is 10.1 Å². The van der Waals surface area contributed by atoms with Gasteiger partial charge in [0, 0.05) is 18.4 Å². The number of ether oxygens (including phenoxy) is 1. The highest BCUT2D eigenvalue weighted by Crippen LogP contribution is 2.03. The number of carboxylic acids is 1. The fourth-order valence-electron chi connectivity index (χ4n) is 1.04. The van der Waals surface area contributed by atoms with Crippen LogP contribution in [0.2, 0.25) is 0 Å². The van der Waals surface area contributed by atoms with Crippen LogP contribution in [-0.4, -0.2) is 52.3 Å². The van der Waals surface area contributed by atoms with E-state index in [9.17, 15) is 9.59 Å². The summed E-state index contributed by atoms with van der Waals surface area (Å²) in [7, 11) is 1.46. The number of carboxylic acid groups (broad SMARTS) is 1. The van der Waals surface area contributed by atoms with Crippen molar-refractivity contribution in [2.75, 3.05) is 25.2 Å². The highest BCUT2D eigenvalue weighted by molar-refractivity contribution is 7.99. The highest BCUT2D eigenvalue weighted by Gasteiger charge is 2.07. The lowest BCUT2D eigenvalue weighted by Crippen LogP contribution is -2.27. The lowest BCUT2D eigenvalue weighted by atomic mass is 10.3. The van der Waals surface area contributed by atoms with Gasteiger partial charge in [0.05, 0.1) is 12.9 Å². The number of aromatic nitrogens is 2. The molecule has 0 bridgehead atoms. The molecule has 18 heavy (non-hydrogen) atoms. The van der Waals surface area contributed by atoms with Crippen molar-refractivity contribution in [1.29, 1.82) is 0 Å². The SMILES string of the molecule is COc1ccc(C(=O)NCCSCC(=O)O)nn1. The third-order valence-corrected chi connectivity index (χ3v) is 2.78. The van der Waals surface area contributed by atoms with E-state index < -0.39 is 5.97 Å². The maximum absolute atomic E-state index is 11.6. The van der Waals surface area contributed by atoms with Gasteiger partial charge in [-0.3, -0.25) is 9.59 Å². The first-order chi connectivity index (χ1) is 8.63. The lowest BCUT2D eigenvalue weighted by Gasteiger charge is -2.03. The van der Waals surface area contributed by atoms with Gasteiger partial charge in [-0.2, -0.15) is 0 Å². The van der Waals surface area contributed by atoms with E-state index in [2.05, 4.69) is 15.5 Å². The largest absolute Gasteiger partial charge is 0.481 e. The zero-order valence-corrected chi connectivity index (χ0v) is 10.6. The minimum atomic E-state index is -0.868. The third-order valence-electron chi connectivity index (χ3n) is 1.84. The van der Waals surface area contributed by atoms with Crippen molar-refractivity contribution in [2.24, 2.45) is 0 Å². The van der Waals surface area contributed by atoms with Gasteiger partial charge in [0.2, 0.25) is 5.88 Å². The van der Waals surface area contributed by atoms with Crippen LogP contribution in [0.15, 0.2) is 12.1 Å². The molecule has 0 unspecified atom stereocenters. The van der Waals surface area contributed by atoms with Gasteiger partial charge in [-0.05, 0) is 6.07 Å². The zero-order chi connectivity index (χ0) is 13.4. The van der Waals surface area contributed by atoms with Crippen LogP contribution in [0.1, 0.15) is 10.5 Å². The second-order valence-electron chi connectivity index (χ2n) is 3.16. The molecule has 0 spiro atoms. The van der Waals surface area contributed by atoms with E-state index in [4.69, 9.17) is 9.84 Å². The molecule has 1 heterocycles. The van der Waals surface area contributed by atoms with E-state index in [1.165, 1.54) is 24.9 Å². The van der Waals surface area contributed by atoms with Gasteiger partial charge in [-0.25, -0.2) is 0 Å². The second kappa shape index (κ2) is 7.49. The Kier molecular flexibility index (Phi) is 5.92. The van der Waals surface area contributed by atoms with Gasteiger partial charge in [0.15, 0.2) is 5.69 Å². The molecule has 0 aliphatic heterocycles. The fraction of sp³-hybridized carbons (Fsp3) is 0.400. The summed E-state index contributed by atoms with van der Waals surface area (Å²) >= 11 is 1.23. The summed E-state index contributed by atoms with van der Waals surface area (Å²) in [4.78, 5) is 21.8. The molecule has 1 aromatic rings. The number of hydrogen-bond acceptors (Lipinski definition) is 6. The summed E-state index contributed by atoms with van der Waals surface area (Å²) in [6, 6.07) is 3.05. The molecule has 1 amide bonds. The Hall–Kier alpha value is -1.83. The first-order valence-electron chi connectivity index (χ1n) is 5.09. The number of nitrogens with one attached hydrogen (secondary N) is 1. The van der Waals surface area contributed by atoms with Crippen LogP contribution in [0.25, 0.3) is 0 Å². The quantitative estimate of drug-likeness (QED) is 0.675. The van der Waals surface area contributed by atoms with Crippen LogP contribution in [0.3, 0.4) is 0 Å². The Bertz CT molecular complexity index is 410. The molecule has 0 aliphatic rings. The molecule has 2 N–H and O–H groups in total. The molecule has 8 heteroatoms. The summed E-state index contributed by atoms with van der Waals surface area (Å²) in [6.07, 6.45) is 0. The molecule has 0 radical (unpaired) electrons. The van der Waals surface area contributed by atoms with E-state index >= 15 is 0 Å². The van der Waals surface area contributed by atoms with Gasteiger partial charge in [0.25, 0.3) is 5.91 Å². The standard InChI is InChI=1S/C10H13N3O4S/c1-17-8-3-2-7(12-13-8)10(16)11-4-5-18-6-9(14)15/h2-3H,4-6H2,1H3,(H,11,16)(H,14,15). The Balaban J connectivity index is 2.29. The van der Waals surface area contributed by atoms with Crippen LogP contribution in [0.4, 0.5) is 0 Å². The zero-order valence-electron chi connectivity index (χ0n) is 9.75. The minimum absolute atomic E-state index is 0.0260. The molecule has 0 aromatic carbocycles. The highest BCUT2D eigenvalue weighted by atomic mass is 32.2. The number of amides is 1. The number of rotatable bonds is 7. The number of carbonyl (C=O) groups is 2. The smallest absolute Gasteiger partial charge is 0.313 e. The van der Waals surface area contributed by atoms with E-state index in [0.29, 0.717) is 18.2 Å². The normalized spacial score (nSPS) is 9.83. The Morgan fingerprint density at radius 2 is 2.22 bits per heavy atom. The van der Waals surface area contributed by atoms with Crippen LogP contribution in [0, 0.1) is 0 Å². The minimum Gasteiger partial charge on any atom is -0.481 e. The molecule has 0 saturated carbocycles. The number of carbonyl (C=O) groups excluding carboxylic acids is 1. The summed E-state index contributed by atoms with van der Waals surface area (Å²) in [5.41, 5.74) is 0.194. The molecular formula is C10H13N3O4S. The van der Waals surface area contributed by atoms with Crippen LogP contribution >= 0.6 is 11.8 Å². The third kappa shape index (κ3) is 5.00. The molecule has 1 rings (SSSR count). The predicted molar refractivity (Wildman–Crippen MR) is 65.9 cm³/mol. The molecular weight excluding hydrogens is 258 g/mol. The van der Waals surface area contributed by atoms with Gasteiger partial charge in [0.1, 0.15) is 0 Å². The summed E-state index contributed by atoms with van der Waals surface area (Å²) in [5.74, 6) is -0.322. The number of thioether (sulfide) groups is 1. The number of methoxy groups -OCH3 is 1. The monoisotopic (exact) mass is 271 g/mol. The Morgan fingerprint density at radius 1 is 1.44 bits per heavy atom. The van der Waals surface area contributed by atoms with Crippen molar-refractivity contribution in [1.82, 2.24) is 15.5 Å². The predicted octanol–water partition coefficient (Wildman–Crippen LogP) is 0.0328. The van der Waals surface area contributed by atoms with E-state index in [1.807, 2.05) is 0 Å². The van der Waals surface area contributed by atoms with Crippen molar-refractivity contribution in [3.63, 3.8) is 0 Å². The van der Waals surface area contributed by atoms with Crippen LogP contribution in [-0.2, 0) is 4.79 Å². The summed E-state index contributed by atoms with van der Waals surface area (Å²) in [5, 5.41) is 18.4. The van der Waals surface area contributed by atoms with Gasteiger partial charge in [-0.1, -0.05) is 0 Å². The average Bonchev–Trinajstić information content (AvgIpc) is 2.38. The topological polar surface area (TPSA) is 101 Å². The van der Waals surface area contributed by atoms with E-state index in [1.54, 1.807) is 6.07 Å². The molecule has 0 saturated heterocycles. The van der Waals surface area contributed by atoms with Crippen molar-refractivity contribution in [2.45, 2.75) is 0 Å². The van der Waals surface area contributed by atoms with E-state index in [0.717, 1.165) is 0 Å². The van der Waals surface area contributed by atoms with Crippen molar-refractivity contribution in [3.05, 3.63) is 17.8 Å². The molecule has 0 atom stereocenters. The molecule has 1 aromatic heterocycles. The Labute approximate surface area is 108 Å². The first kappa shape index (κ1) is 14.2. The van der Waals surface area contributed by atoms with Crippen LogP contribution in [0.5, 0.6) is 5.88 Å². The maximum Gasteiger partial charge on any atom is 0.313 e. The van der Waals surface area contributed by atoms with Gasteiger partial charge in [-0.15, -0.1) is 22.0 Å². The van der Waals surface area contributed by atoms with Crippen molar-refractivity contribution in [3.8, 4) is 5.88 Å². The molecule has 98 valence electrons. The van der Waals surface area contributed by atoms with E-state index in [-0.39, 0.29) is 17.4 Å². The maximum atomic E-state index is 11.6. The van der Waals surface area contributed by atoms with Gasteiger partial charge < -0.3 is 15.2 Å². The fourth-order valence-corrected chi connectivity index (χ4v) is 1.60.